The molecule has 0 radical (unpaired) electrons. The Bertz CT molecular complexity index is 752. The van der Waals surface area contributed by atoms with Crippen molar-refractivity contribution in [2.75, 3.05) is 13.2 Å². The molecule has 1 aliphatic heterocycles. The molecule has 14 heteroatoms. The van der Waals surface area contributed by atoms with Crippen molar-refractivity contribution in [3.05, 3.63) is 0 Å². The molecule has 1 heterocycles. The van der Waals surface area contributed by atoms with Crippen LogP contribution in [0.4, 0.5) is 0 Å². The zero-order valence-electron chi connectivity index (χ0n) is 20.4. The summed E-state index contributed by atoms with van der Waals surface area (Å²) in [6.07, 6.45) is -7.18. The van der Waals surface area contributed by atoms with Crippen molar-refractivity contribution in [3.8, 4) is 0 Å². The van der Waals surface area contributed by atoms with Gasteiger partial charge in [-0.2, -0.15) is 0 Å². The molecule has 0 bridgehead atoms. The van der Waals surface area contributed by atoms with Gasteiger partial charge in [0, 0.05) is 19.9 Å². The zero-order valence-corrected chi connectivity index (χ0v) is 20.4. The maximum atomic E-state index is 13.1. The molecule has 202 valence electrons. The van der Waals surface area contributed by atoms with Crippen molar-refractivity contribution >= 4 is 23.7 Å². The molecule has 1 fully saturated rings. The highest BCUT2D eigenvalue weighted by Gasteiger charge is 2.46. The van der Waals surface area contributed by atoms with Crippen LogP contribution >= 0.6 is 0 Å². The molecule has 35 heavy (non-hydrogen) atoms. The van der Waals surface area contributed by atoms with Crippen LogP contribution in [0, 0.1) is 5.92 Å². The van der Waals surface area contributed by atoms with Crippen molar-refractivity contribution in [1.29, 1.82) is 0 Å². The van der Waals surface area contributed by atoms with Gasteiger partial charge in [0.15, 0.2) is 6.29 Å². The van der Waals surface area contributed by atoms with Crippen molar-refractivity contribution in [2.24, 2.45) is 17.4 Å². The Morgan fingerprint density at radius 3 is 2.23 bits per heavy atom. The van der Waals surface area contributed by atoms with E-state index in [4.69, 9.17) is 26.0 Å². The van der Waals surface area contributed by atoms with Crippen molar-refractivity contribution in [2.45, 2.75) is 89.4 Å². The van der Waals surface area contributed by atoms with Crippen LogP contribution in [-0.4, -0.2) is 111 Å². The smallest absolute Gasteiger partial charge is 0.303 e. The summed E-state index contributed by atoms with van der Waals surface area (Å²) in [6, 6.07) is -3.53. The lowest BCUT2D eigenvalue weighted by molar-refractivity contribution is -0.268. The van der Waals surface area contributed by atoms with Gasteiger partial charge in [-0.1, -0.05) is 13.8 Å². The summed E-state index contributed by atoms with van der Waals surface area (Å²) in [5, 5.41) is 41.8. The average Bonchev–Trinajstić information content (AvgIpc) is 2.75. The van der Waals surface area contributed by atoms with E-state index in [0.717, 1.165) is 4.90 Å². The van der Waals surface area contributed by atoms with Gasteiger partial charge in [0.2, 0.25) is 17.7 Å². The minimum Gasteiger partial charge on any atom is -0.481 e. The first-order valence-electron chi connectivity index (χ1n) is 11.3. The number of hydrogen-bond donors (Lipinski definition) is 7. The van der Waals surface area contributed by atoms with Crippen molar-refractivity contribution in [3.63, 3.8) is 0 Å². The van der Waals surface area contributed by atoms with E-state index in [2.05, 4.69) is 5.32 Å². The first kappa shape index (κ1) is 30.7. The number of aliphatic hydroxyl groups is 3. The minimum atomic E-state index is -1.61. The molecule has 3 amide bonds. The van der Waals surface area contributed by atoms with E-state index in [1.165, 1.54) is 13.8 Å². The van der Waals surface area contributed by atoms with E-state index in [1.807, 2.05) is 0 Å². The number of carboxylic acid groups (broad SMARTS) is 1. The van der Waals surface area contributed by atoms with Crippen LogP contribution in [0.15, 0.2) is 0 Å². The number of carbonyl (C=O) groups excluding carboxylic acids is 3. The molecule has 0 aromatic rings. The third-order valence-electron chi connectivity index (χ3n) is 5.71. The fourth-order valence-corrected chi connectivity index (χ4v) is 3.78. The van der Waals surface area contributed by atoms with Gasteiger partial charge in [0.25, 0.3) is 0 Å². The lowest BCUT2D eigenvalue weighted by Crippen LogP contribution is -2.65. The number of aliphatic carboxylic acids is 1. The van der Waals surface area contributed by atoms with Crippen LogP contribution < -0.4 is 16.8 Å². The lowest BCUT2D eigenvalue weighted by Gasteiger charge is -2.44. The Kier molecular flexibility index (Phi) is 12.0. The SMILES string of the molecule is CC(=O)N[C@@H]1[C@@H](OC(C)CN(C(=O)[C@@H](N)C(C)C)[C@H](CCC(=O)O)C(N)=O)[C@H](O)[C@@H](CO)O[C@@H]1O. The van der Waals surface area contributed by atoms with Gasteiger partial charge in [-0.15, -0.1) is 0 Å². The molecule has 1 rings (SSSR count). The highest BCUT2D eigenvalue weighted by molar-refractivity contribution is 5.89. The topological polar surface area (TPSA) is 235 Å². The van der Waals surface area contributed by atoms with Crippen LogP contribution in [0.2, 0.25) is 0 Å². The summed E-state index contributed by atoms with van der Waals surface area (Å²) < 4.78 is 11.0. The molecule has 1 aliphatic rings. The third kappa shape index (κ3) is 8.66. The number of aliphatic hydroxyl groups excluding tert-OH is 3. The number of hydrogen-bond acceptors (Lipinski definition) is 10. The quantitative estimate of drug-likeness (QED) is 0.132. The Morgan fingerprint density at radius 2 is 1.77 bits per heavy atom. The first-order valence-corrected chi connectivity index (χ1v) is 11.3. The summed E-state index contributed by atoms with van der Waals surface area (Å²) in [4.78, 5) is 49.0. The Morgan fingerprint density at radius 1 is 1.17 bits per heavy atom. The predicted octanol–water partition coefficient (Wildman–Crippen LogP) is -3.13. The van der Waals surface area contributed by atoms with E-state index in [0.29, 0.717) is 0 Å². The summed E-state index contributed by atoms with van der Waals surface area (Å²) in [5.41, 5.74) is 11.5. The number of nitrogens with zero attached hydrogens (tertiary/aromatic N) is 1. The molecule has 1 saturated heterocycles. The molecule has 8 atom stereocenters. The zero-order chi connectivity index (χ0) is 27.0. The number of carbonyl (C=O) groups is 4. The normalized spacial score (nSPS) is 27.1. The van der Waals surface area contributed by atoms with Gasteiger partial charge >= 0.3 is 5.97 Å². The monoisotopic (exact) mass is 506 g/mol. The highest BCUT2D eigenvalue weighted by Crippen LogP contribution is 2.24. The number of ether oxygens (including phenoxy) is 2. The second-order valence-electron chi connectivity index (χ2n) is 8.99. The summed E-state index contributed by atoms with van der Waals surface area (Å²) in [6.45, 7) is 5.17. The third-order valence-corrected chi connectivity index (χ3v) is 5.71. The molecule has 0 aromatic carbocycles. The number of nitrogens with one attached hydrogen (secondary N) is 1. The molecule has 0 aromatic heterocycles. The van der Waals surface area contributed by atoms with Crippen LogP contribution in [0.25, 0.3) is 0 Å². The molecule has 0 aliphatic carbocycles. The Labute approximate surface area is 203 Å². The van der Waals surface area contributed by atoms with Gasteiger partial charge in [-0.05, 0) is 19.3 Å². The lowest BCUT2D eigenvalue weighted by atomic mass is 9.96. The van der Waals surface area contributed by atoms with E-state index in [1.54, 1.807) is 13.8 Å². The molecule has 9 N–H and O–H groups in total. The number of rotatable bonds is 13. The van der Waals surface area contributed by atoms with E-state index < -0.39 is 85.5 Å². The fraction of sp³-hybridized carbons (Fsp3) is 0.810. The first-order chi connectivity index (χ1) is 16.2. The number of primary amides is 1. The summed E-state index contributed by atoms with van der Waals surface area (Å²) in [7, 11) is 0. The molecular formula is C21H38N4O10. The van der Waals surface area contributed by atoms with Gasteiger partial charge in [-0.3, -0.25) is 19.2 Å². The highest BCUT2D eigenvalue weighted by atomic mass is 16.6. The predicted molar refractivity (Wildman–Crippen MR) is 120 cm³/mol. The van der Waals surface area contributed by atoms with E-state index >= 15 is 0 Å². The van der Waals surface area contributed by atoms with E-state index in [9.17, 15) is 34.5 Å². The summed E-state index contributed by atoms with van der Waals surface area (Å²) in [5.74, 6) is -3.62. The maximum absolute atomic E-state index is 13.1. The van der Waals surface area contributed by atoms with Crippen LogP contribution in [0.5, 0.6) is 0 Å². The van der Waals surface area contributed by atoms with Gasteiger partial charge in [0.05, 0.1) is 18.8 Å². The second-order valence-corrected chi connectivity index (χ2v) is 8.99. The largest absolute Gasteiger partial charge is 0.481 e. The number of nitrogens with two attached hydrogens (primary N) is 2. The van der Waals surface area contributed by atoms with Crippen LogP contribution in [-0.2, 0) is 28.7 Å². The average molecular weight is 507 g/mol. The summed E-state index contributed by atoms with van der Waals surface area (Å²) >= 11 is 0. The molecular weight excluding hydrogens is 468 g/mol. The minimum absolute atomic E-state index is 0.256. The van der Waals surface area contributed by atoms with Crippen molar-refractivity contribution < 1.29 is 49.1 Å². The molecule has 1 unspecified atom stereocenters. The van der Waals surface area contributed by atoms with Crippen LogP contribution in [0.1, 0.15) is 40.5 Å². The van der Waals surface area contributed by atoms with Crippen molar-refractivity contribution in [1.82, 2.24) is 10.2 Å². The number of carboxylic acids is 1. The Hall–Kier alpha value is -2.36. The maximum Gasteiger partial charge on any atom is 0.303 e. The Balaban J connectivity index is 3.22. The molecule has 14 nitrogen and oxygen atoms in total. The molecule has 0 saturated carbocycles. The molecule has 0 spiro atoms. The van der Waals surface area contributed by atoms with Gasteiger partial charge in [0.1, 0.15) is 30.4 Å². The second kappa shape index (κ2) is 13.7. The van der Waals surface area contributed by atoms with Gasteiger partial charge in [-0.25, -0.2) is 0 Å². The van der Waals surface area contributed by atoms with Crippen LogP contribution in [0.3, 0.4) is 0 Å². The number of amides is 3. The fourth-order valence-electron chi connectivity index (χ4n) is 3.78. The standard InChI is InChI=1S/C21H38N4O10/c1-9(2)15(22)20(32)25(12(19(23)31)5-6-14(28)29)7-10(3)34-18-16(24-11(4)27)21(33)35-13(8-26)17(18)30/h9-10,12-13,15-18,21,26,30,33H,5-8,22H2,1-4H3,(H2,23,31)(H,24,27)(H,28,29)/t10?,12-,13-,15+,16-,17-,18-,21+/m1/s1. The van der Waals surface area contributed by atoms with E-state index in [-0.39, 0.29) is 18.9 Å². The van der Waals surface area contributed by atoms with Gasteiger partial charge < -0.3 is 51.6 Å².